The number of carbonyl (C=O) groups excluding carboxylic acids is 1. The lowest BCUT2D eigenvalue weighted by molar-refractivity contribution is -0.121. The number of amides is 1. The van der Waals surface area contributed by atoms with Crippen LogP contribution in [0.4, 0.5) is 0 Å². The molecule has 0 radical (unpaired) electrons. The number of hydrogen-bond donors (Lipinski definition) is 1. The van der Waals surface area contributed by atoms with E-state index in [4.69, 9.17) is 11.6 Å². The number of halogens is 1. The Bertz CT molecular complexity index is 607. The quantitative estimate of drug-likeness (QED) is 0.875. The van der Waals surface area contributed by atoms with E-state index in [1.807, 2.05) is 25.1 Å². The third-order valence-corrected chi connectivity index (χ3v) is 3.75. The van der Waals surface area contributed by atoms with E-state index in [1.165, 1.54) is 5.56 Å². The molecule has 2 rings (SSSR count). The topological polar surface area (TPSA) is 29.1 Å². The lowest BCUT2D eigenvalue weighted by atomic mass is 10.0. The molecule has 1 amide bonds. The van der Waals surface area contributed by atoms with E-state index in [-0.39, 0.29) is 11.9 Å². The van der Waals surface area contributed by atoms with Crippen LogP contribution in [0.5, 0.6) is 0 Å². The minimum atomic E-state index is 0.00240. The Morgan fingerprint density at radius 1 is 1.14 bits per heavy atom. The van der Waals surface area contributed by atoms with Crippen LogP contribution in [0.1, 0.15) is 36.6 Å². The molecule has 0 aliphatic carbocycles. The molecule has 3 heteroatoms. The van der Waals surface area contributed by atoms with E-state index in [9.17, 15) is 4.79 Å². The summed E-state index contributed by atoms with van der Waals surface area (Å²) in [6, 6.07) is 15.8. The monoisotopic (exact) mass is 301 g/mol. The van der Waals surface area contributed by atoms with Crippen LogP contribution in [0.25, 0.3) is 0 Å². The molecule has 0 saturated heterocycles. The zero-order chi connectivity index (χ0) is 15.2. The summed E-state index contributed by atoms with van der Waals surface area (Å²) in [5.41, 5.74) is 3.34. The maximum absolute atomic E-state index is 12.1. The average Bonchev–Trinajstić information content (AvgIpc) is 2.47. The summed E-state index contributed by atoms with van der Waals surface area (Å²) in [6.07, 6.45) is 1.37. The van der Waals surface area contributed by atoms with E-state index in [0.717, 1.165) is 17.5 Å². The number of nitrogens with one attached hydrogen (secondary N) is 1. The molecule has 0 aliphatic heterocycles. The molecule has 0 fully saturated rings. The standard InChI is InChI=1S/C18H20ClNO/c1-3-14-7-9-16(10-8-14)13(2)20-18(21)12-15-5-4-6-17(19)11-15/h4-11,13H,3,12H2,1-2H3,(H,20,21)/t13-/m0/s1. The zero-order valence-electron chi connectivity index (χ0n) is 12.4. The van der Waals surface area contributed by atoms with Crippen molar-refractivity contribution in [3.8, 4) is 0 Å². The van der Waals surface area contributed by atoms with Gasteiger partial charge in [-0.05, 0) is 42.2 Å². The van der Waals surface area contributed by atoms with Crippen LogP contribution in [0.3, 0.4) is 0 Å². The molecule has 1 N–H and O–H groups in total. The van der Waals surface area contributed by atoms with E-state index in [2.05, 4.69) is 36.5 Å². The Morgan fingerprint density at radius 2 is 1.86 bits per heavy atom. The summed E-state index contributed by atoms with van der Waals surface area (Å²) in [4.78, 5) is 12.1. The maximum atomic E-state index is 12.1. The van der Waals surface area contributed by atoms with Crippen molar-refractivity contribution in [3.63, 3.8) is 0 Å². The second-order valence-electron chi connectivity index (χ2n) is 5.19. The van der Waals surface area contributed by atoms with Gasteiger partial charge in [0.2, 0.25) is 5.91 Å². The fourth-order valence-corrected chi connectivity index (χ4v) is 2.46. The van der Waals surface area contributed by atoms with Gasteiger partial charge in [0.25, 0.3) is 0 Å². The fraction of sp³-hybridized carbons (Fsp3) is 0.278. The van der Waals surface area contributed by atoms with Crippen LogP contribution in [-0.2, 0) is 17.6 Å². The molecule has 2 aromatic rings. The molecule has 1 atom stereocenters. The van der Waals surface area contributed by atoms with Crippen LogP contribution in [-0.4, -0.2) is 5.91 Å². The predicted molar refractivity (Wildman–Crippen MR) is 87.5 cm³/mol. The van der Waals surface area contributed by atoms with Gasteiger partial charge < -0.3 is 5.32 Å². The molecule has 110 valence electrons. The molecule has 2 nitrogen and oxygen atoms in total. The van der Waals surface area contributed by atoms with Crippen molar-refractivity contribution in [2.45, 2.75) is 32.7 Å². The first kappa shape index (κ1) is 15.6. The number of benzene rings is 2. The summed E-state index contributed by atoms with van der Waals surface area (Å²) in [6.45, 7) is 4.13. The van der Waals surface area contributed by atoms with Gasteiger partial charge >= 0.3 is 0 Å². The predicted octanol–water partition coefficient (Wildman–Crippen LogP) is 4.32. The Balaban J connectivity index is 1.95. The molecule has 0 spiro atoms. The van der Waals surface area contributed by atoms with Gasteiger partial charge in [-0.25, -0.2) is 0 Å². The van der Waals surface area contributed by atoms with E-state index >= 15 is 0 Å². The Morgan fingerprint density at radius 3 is 2.48 bits per heavy atom. The Hall–Kier alpha value is -1.80. The van der Waals surface area contributed by atoms with Crippen LogP contribution in [0, 0.1) is 0 Å². The summed E-state index contributed by atoms with van der Waals surface area (Å²) >= 11 is 5.93. The second kappa shape index (κ2) is 7.28. The average molecular weight is 302 g/mol. The first-order chi connectivity index (χ1) is 10.1. The van der Waals surface area contributed by atoms with Gasteiger partial charge in [0.1, 0.15) is 0 Å². The second-order valence-corrected chi connectivity index (χ2v) is 5.63. The maximum Gasteiger partial charge on any atom is 0.224 e. The van der Waals surface area contributed by atoms with Crippen molar-refractivity contribution in [1.29, 1.82) is 0 Å². The van der Waals surface area contributed by atoms with Crippen LogP contribution >= 0.6 is 11.6 Å². The molecule has 0 saturated carbocycles. The molecule has 0 heterocycles. The molecule has 0 bridgehead atoms. The zero-order valence-corrected chi connectivity index (χ0v) is 13.2. The Labute approximate surface area is 131 Å². The number of rotatable bonds is 5. The molecule has 0 unspecified atom stereocenters. The fourth-order valence-electron chi connectivity index (χ4n) is 2.25. The number of carbonyl (C=O) groups is 1. The summed E-state index contributed by atoms with van der Waals surface area (Å²) < 4.78 is 0. The highest BCUT2D eigenvalue weighted by molar-refractivity contribution is 6.30. The van der Waals surface area contributed by atoms with Crippen molar-refractivity contribution in [1.82, 2.24) is 5.32 Å². The van der Waals surface area contributed by atoms with Crippen LogP contribution in [0.15, 0.2) is 48.5 Å². The van der Waals surface area contributed by atoms with E-state index < -0.39 is 0 Å². The SMILES string of the molecule is CCc1ccc([C@H](C)NC(=O)Cc2cccc(Cl)c2)cc1. The van der Waals surface area contributed by atoms with Gasteiger partial charge in [0.15, 0.2) is 0 Å². The van der Waals surface area contributed by atoms with Crippen LogP contribution in [0.2, 0.25) is 5.02 Å². The minimum absolute atomic E-state index is 0.00240. The third kappa shape index (κ3) is 4.61. The minimum Gasteiger partial charge on any atom is -0.349 e. The van der Waals surface area contributed by atoms with Gasteiger partial charge in [-0.3, -0.25) is 4.79 Å². The van der Waals surface area contributed by atoms with Gasteiger partial charge in [0, 0.05) is 5.02 Å². The van der Waals surface area contributed by atoms with Crippen molar-refractivity contribution in [3.05, 3.63) is 70.2 Å². The third-order valence-electron chi connectivity index (χ3n) is 3.52. The van der Waals surface area contributed by atoms with Crippen molar-refractivity contribution >= 4 is 17.5 Å². The largest absolute Gasteiger partial charge is 0.349 e. The number of hydrogen-bond acceptors (Lipinski definition) is 1. The molecule has 21 heavy (non-hydrogen) atoms. The summed E-state index contributed by atoms with van der Waals surface area (Å²) in [5.74, 6) is 0.00401. The van der Waals surface area contributed by atoms with Crippen molar-refractivity contribution in [2.24, 2.45) is 0 Å². The first-order valence-electron chi connectivity index (χ1n) is 7.21. The van der Waals surface area contributed by atoms with Crippen molar-refractivity contribution < 1.29 is 4.79 Å². The highest BCUT2D eigenvalue weighted by atomic mass is 35.5. The summed E-state index contributed by atoms with van der Waals surface area (Å²) in [5, 5.41) is 3.68. The highest BCUT2D eigenvalue weighted by Crippen LogP contribution is 2.15. The smallest absolute Gasteiger partial charge is 0.224 e. The molecule has 2 aromatic carbocycles. The molecule has 0 aromatic heterocycles. The first-order valence-corrected chi connectivity index (χ1v) is 7.59. The van der Waals surface area contributed by atoms with Crippen LogP contribution < -0.4 is 5.32 Å². The highest BCUT2D eigenvalue weighted by Gasteiger charge is 2.10. The van der Waals surface area contributed by atoms with Gasteiger partial charge in [0.05, 0.1) is 12.5 Å². The number of aryl methyl sites for hydroxylation is 1. The summed E-state index contributed by atoms with van der Waals surface area (Å²) in [7, 11) is 0. The lowest BCUT2D eigenvalue weighted by Crippen LogP contribution is -2.28. The normalized spacial score (nSPS) is 12.0. The molecular formula is C18H20ClNO. The van der Waals surface area contributed by atoms with E-state index in [0.29, 0.717) is 11.4 Å². The van der Waals surface area contributed by atoms with Crippen molar-refractivity contribution in [2.75, 3.05) is 0 Å². The molecule has 0 aliphatic rings. The Kier molecular flexibility index (Phi) is 5.40. The van der Waals surface area contributed by atoms with Gasteiger partial charge in [-0.15, -0.1) is 0 Å². The van der Waals surface area contributed by atoms with Gasteiger partial charge in [-0.1, -0.05) is 54.9 Å². The van der Waals surface area contributed by atoms with Gasteiger partial charge in [-0.2, -0.15) is 0 Å². The molecular weight excluding hydrogens is 282 g/mol. The lowest BCUT2D eigenvalue weighted by Gasteiger charge is -2.15. The van der Waals surface area contributed by atoms with E-state index in [1.54, 1.807) is 6.07 Å².